The Hall–Kier alpha value is -4.75. The van der Waals surface area contributed by atoms with Crippen LogP contribution in [0.3, 0.4) is 0 Å². The number of carbonyl (C=O) groups is 3. The van der Waals surface area contributed by atoms with Gasteiger partial charge in [0, 0.05) is 12.5 Å². The number of ether oxygens (including phenoxy) is 2. The summed E-state index contributed by atoms with van der Waals surface area (Å²) in [6, 6.07) is 37.3. The molecule has 7 nitrogen and oxygen atoms in total. The number of hydrogen-bond acceptors (Lipinski definition) is 6. The molecule has 2 aliphatic carbocycles. The lowest BCUT2D eigenvalue weighted by Gasteiger charge is -2.27. The van der Waals surface area contributed by atoms with Gasteiger partial charge in [-0.2, -0.15) is 0 Å². The highest BCUT2D eigenvalue weighted by atomic mass is 16.6. The minimum Gasteiger partial charge on any atom is -0.481 e. The van der Waals surface area contributed by atoms with Crippen LogP contribution in [0.25, 0.3) is 22.3 Å². The van der Waals surface area contributed by atoms with Gasteiger partial charge < -0.3 is 20.3 Å². The van der Waals surface area contributed by atoms with Crippen LogP contribution in [-0.2, 0) is 36.7 Å². The Kier molecular flexibility index (Phi) is 13.1. The van der Waals surface area contributed by atoms with Crippen molar-refractivity contribution in [1.29, 1.82) is 0 Å². The van der Waals surface area contributed by atoms with Crippen molar-refractivity contribution in [2.45, 2.75) is 117 Å². The summed E-state index contributed by atoms with van der Waals surface area (Å²) in [5, 5.41) is 9.23. The lowest BCUT2D eigenvalue weighted by atomic mass is 9.85. The third-order valence-electron chi connectivity index (χ3n) is 10.3. The monoisotopic (exact) mass is 745 g/mol. The van der Waals surface area contributed by atoms with Crippen molar-refractivity contribution < 1.29 is 29.0 Å². The summed E-state index contributed by atoms with van der Waals surface area (Å²) in [6.07, 6.45) is 6.13. The number of aliphatic carboxylic acids is 1. The van der Waals surface area contributed by atoms with Crippen LogP contribution in [0.4, 0.5) is 0 Å². The van der Waals surface area contributed by atoms with E-state index in [1.54, 1.807) is 0 Å². The summed E-state index contributed by atoms with van der Waals surface area (Å²) in [7, 11) is 0. The molecule has 0 saturated heterocycles. The first kappa shape index (κ1) is 41.4. The molecule has 2 fully saturated rings. The molecular formula is C48H59NO6. The van der Waals surface area contributed by atoms with Crippen LogP contribution in [0.5, 0.6) is 0 Å². The van der Waals surface area contributed by atoms with Gasteiger partial charge in [-0.15, -0.1) is 0 Å². The van der Waals surface area contributed by atoms with Crippen molar-refractivity contribution in [1.82, 2.24) is 0 Å². The predicted molar refractivity (Wildman–Crippen MR) is 219 cm³/mol. The summed E-state index contributed by atoms with van der Waals surface area (Å²) in [4.78, 5) is 36.8. The lowest BCUT2D eigenvalue weighted by molar-refractivity contribution is -0.164. The number of hydrogen-bond donors (Lipinski definition) is 2. The van der Waals surface area contributed by atoms with Gasteiger partial charge in [0.25, 0.3) is 0 Å². The van der Waals surface area contributed by atoms with E-state index in [1.165, 1.54) is 16.7 Å². The van der Waals surface area contributed by atoms with E-state index in [9.17, 15) is 19.5 Å². The fourth-order valence-electron chi connectivity index (χ4n) is 7.21. The molecule has 0 bridgehead atoms. The zero-order valence-corrected chi connectivity index (χ0v) is 33.5. The Morgan fingerprint density at radius 1 is 0.600 bits per heavy atom. The van der Waals surface area contributed by atoms with Gasteiger partial charge in [0.2, 0.25) is 0 Å². The highest BCUT2D eigenvalue weighted by molar-refractivity contribution is 5.80. The van der Waals surface area contributed by atoms with Crippen LogP contribution in [-0.4, -0.2) is 40.3 Å². The van der Waals surface area contributed by atoms with Gasteiger partial charge in [-0.1, -0.05) is 109 Å². The van der Waals surface area contributed by atoms with E-state index in [1.807, 2.05) is 77.9 Å². The third-order valence-corrected chi connectivity index (χ3v) is 10.3. The maximum absolute atomic E-state index is 12.9. The molecule has 3 N–H and O–H groups in total. The normalized spacial score (nSPS) is 16.4. The standard InChI is InChI=1S/C29H38O4.C19H21NO2/c1-27(2,3)32-25(30)19-22(20-29(16-17-29)26(31)33-28(4,5)6)18-21-12-14-24(15-13-21)23-10-8-7-9-11-23;20-17(13-19(10-11-19)18(21)22)12-14-6-8-16(9-7-14)15-4-2-1-3-5-15/h7-15,22H,16-20H2,1-6H3;1-9,17H,10-13,20H2,(H,21,22)/t22-;17-/m01/s1. The fourth-order valence-corrected chi connectivity index (χ4v) is 7.21. The molecule has 0 aromatic heterocycles. The maximum atomic E-state index is 12.9. The van der Waals surface area contributed by atoms with Gasteiger partial charge in [0.1, 0.15) is 11.2 Å². The Balaban J connectivity index is 0.000000228. The Labute approximate surface area is 327 Å². The van der Waals surface area contributed by atoms with Crippen molar-refractivity contribution in [3.63, 3.8) is 0 Å². The molecule has 6 rings (SSSR count). The molecular weight excluding hydrogens is 687 g/mol. The quantitative estimate of drug-likeness (QED) is 0.123. The molecule has 0 unspecified atom stereocenters. The number of esters is 2. The average molecular weight is 746 g/mol. The van der Waals surface area contributed by atoms with Crippen LogP contribution in [0, 0.1) is 16.7 Å². The van der Waals surface area contributed by atoms with Crippen molar-refractivity contribution in [2.75, 3.05) is 0 Å². The topological polar surface area (TPSA) is 116 Å². The van der Waals surface area contributed by atoms with Crippen LogP contribution in [0.15, 0.2) is 109 Å². The van der Waals surface area contributed by atoms with Gasteiger partial charge in [-0.3, -0.25) is 14.4 Å². The van der Waals surface area contributed by atoms with Crippen LogP contribution < -0.4 is 5.73 Å². The second-order valence-electron chi connectivity index (χ2n) is 17.7. The summed E-state index contributed by atoms with van der Waals surface area (Å²) < 4.78 is 11.3. The van der Waals surface area contributed by atoms with E-state index in [-0.39, 0.29) is 23.9 Å². The van der Waals surface area contributed by atoms with Crippen LogP contribution >= 0.6 is 0 Å². The van der Waals surface area contributed by atoms with Gasteiger partial charge in [-0.05, 0) is 132 Å². The first-order chi connectivity index (χ1) is 25.9. The van der Waals surface area contributed by atoms with Crippen LogP contribution in [0.1, 0.15) is 97.6 Å². The van der Waals surface area contributed by atoms with Crippen LogP contribution in [0.2, 0.25) is 0 Å². The Bertz CT molecular complexity index is 1860. The number of carboxylic acid groups (broad SMARTS) is 1. The minimum absolute atomic E-state index is 0.0115. The minimum atomic E-state index is -0.692. The highest BCUT2D eigenvalue weighted by Gasteiger charge is 2.53. The third kappa shape index (κ3) is 12.6. The highest BCUT2D eigenvalue weighted by Crippen LogP contribution is 2.53. The molecule has 4 aromatic rings. The molecule has 7 heteroatoms. The van der Waals surface area contributed by atoms with E-state index in [2.05, 4.69) is 72.8 Å². The smallest absolute Gasteiger partial charge is 0.312 e. The molecule has 292 valence electrons. The number of carbonyl (C=O) groups excluding carboxylic acids is 2. The number of carboxylic acids is 1. The zero-order chi connectivity index (χ0) is 39.9. The van der Waals surface area contributed by atoms with E-state index < -0.39 is 28.0 Å². The molecule has 4 aromatic carbocycles. The van der Waals surface area contributed by atoms with Crippen molar-refractivity contribution in [3.8, 4) is 22.3 Å². The molecule has 0 aliphatic heterocycles. The van der Waals surface area contributed by atoms with Gasteiger partial charge in [0.15, 0.2) is 0 Å². The lowest BCUT2D eigenvalue weighted by Crippen LogP contribution is -2.32. The molecule has 0 heterocycles. The van der Waals surface area contributed by atoms with Gasteiger partial charge in [-0.25, -0.2) is 0 Å². The predicted octanol–water partition coefficient (Wildman–Crippen LogP) is 10.2. The summed E-state index contributed by atoms with van der Waals surface area (Å²) in [5.74, 6) is -1.03. The van der Waals surface area contributed by atoms with E-state index in [4.69, 9.17) is 15.2 Å². The van der Waals surface area contributed by atoms with Crippen molar-refractivity contribution in [2.24, 2.45) is 22.5 Å². The molecule has 2 aliphatic rings. The zero-order valence-electron chi connectivity index (χ0n) is 33.5. The van der Waals surface area contributed by atoms with Gasteiger partial charge >= 0.3 is 17.9 Å². The summed E-state index contributed by atoms with van der Waals surface area (Å²) >= 11 is 0. The first-order valence-corrected chi connectivity index (χ1v) is 19.7. The molecule has 2 saturated carbocycles. The number of nitrogens with two attached hydrogens (primary N) is 1. The van der Waals surface area contributed by atoms with E-state index >= 15 is 0 Å². The SMILES string of the molecule is CC(C)(C)OC(=O)C[C@H](Cc1ccc(-c2ccccc2)cc1)CC1(C(=O)OC(C)(C)C)CC1.N[C@H](Cc1ccc(-c2ccccc2)cc1)CC1(C(=O)O)CC1. The van der Waals surface area contributed by atoms with E-state index in [0.29, 0.717) is 19.3 Å². The molecule has 0 amide bonds. The molecule has 0 radical (unpaired) electrons. The van der Waals surface area contributed by atoms with Crippen molar-refractivity contribution in [3.05, 3.63) is 120 Å². The number of benzene rings is 4. The van der Waals surface area contributed by atoms with E-state index in [0.717, 1.165) is 55.2 Å². The number of rotatable bonds is 14. The largest absolute Gasteiger partial charge is 0.481 e. The molecule has 0 spiro atoms. The second kappa shape index (κ2) is 17.4. The fraction of sp³-hybridized carbons (Fsp3) is 0.438. The van der Waals surface area contributed by atoms with Gasteiger partial charge in [0.05, 0.1) is 10.8 Å². The molecule has 2 atom stereocenters. The average Bonchev–Trinajstić information content (AvgIpc) is 4.06. The Morgan fingerprint density at radius 3 is 1.42 bits per heavy atom. The second-order valence-corrected chi connectivity index (χ2v) is 17.7. The first-order valence-electron chi connectivity index (χ1n) is 19.7. The summed E-state index contributed by atoms with van der Waals surface area (Å²) in [6.45, 7) is 11.3. The molecule has 55 heavy (non-hydrogen) atoms. The van der Waals surface area contributed by atoms with Crippen molar-refractivity contribution >= 4 is 17.9 Å². The Morgan fingerprint density at radius 2 is 1.02 bits per heavy atom. The maximum Gasteiger partial charge on any atom is 0.312 e. The summed E-state index contributed by atoms with van der Waals surface area (Å²) in [5.41, 5.74) is 11.1.